The van der Waals surface area contributed by atoms with Crippen LogP contribution in [0, 0.1) is 6.92 Å². The number of hydrogen-bond acceptors (Lipinski definition) is 4. The molecule has 0 aromatic carbocycles. The van der Waals surface area contributed by atoms with Gasteiger partial charge in [-0.05, 0) is 25.5 Å². The number of aromatic amines is 1. The first-order valence-corrected chi connectivity index (χ1v) is 7.78. The van der Waals surface area contributed by atoms with Crippen molar-refractivity contribution in [1.29, 1.82) is 0 Å². The molecule has 0 aliphatic carbocycles. The summed E-state index contributed by atoms with van der Waals surface area (Å²) in [6, 6.07) is 4.96. The van der Waals surface area contributed by atoms with Crippen LogP contribution in [-0.2, 0) is 0 Å². The van der Waals surface area contributed by atoms with Gasteiger partial charge in [0.25, 0.3) is 5.91 Å². The van der Waals surface area contributed by atoms with Crippen molar-refractivity contribution in [2.24, 2.45) is 0 Å². The summed E-state index contributed by atoms with van der Waals surface area (Å²) in [5.74, 6) is 0.365. The number of carbonyl (C=O) groups is 1. The first-order valence-electron chi connectivity index (χ1n) is 7.40. The van der Waals surface area contributed by atoms with Crippen molar-refractivity contribution >= 4 is 23.3 Å². The van der Waals surface area contributed by atoms with Crippen molar-refractivity contribution in [1.82, 2.24) is 15.3 Å². The number of carbonyl (C=O) groups excluding carboxylic acids is 1. The minimum atomic E-state index is -0.356. The van der Waals surface area contributed by atoms with Gasteiger partial charge in [0.2, 0.25) is 0 Å². The van der Waals surface area contributed by atoms with Crippen LogP contribution >= 0.6 is 11.6 Å². The molecule has 0 saturated carbocycles. The summed E-state index contributed by atoms with van der Waals surface area (Å²) < 4.78 is 0. The smallest absolute Gasteiger partial charge is 0.257 e. The molecule has 0 spiro atoms. The second-order valence-corrected chi connectivity index (χ2v) is 6.02. The van der Waals surface area contributed by atoms with Crippen molar-refractivity contribution in [2.45, 2.75) is 19.4 Å². The van der Waals surface area contributed by atoms with E-state index in [0.717, 1.165) is 24.5 Å². The van der Waals surface area contributed by atoms with E-state index in [9.17, 15) is 9.59 Å². The third kappa shape index (κ3) is 3.37. The fraction of sp³-hybridized carbons (Fsp3) is 0.312. The lowest BCUT2D eigenvalue weighted by atomic mass is 10.2. The van der Waals surface area contributed by atoms with Gasteiger partial charge in [0, 0.05) is 43.3 Å². The third-order valence-corrected chi connectivity index (χ3v) is 4.16. The van der Waals surface area contributed by atoms with Crippen LogP contribution in [0.5, 0.6) is 0 Å². The molecule has 1 atom stereocenters. The number of H-pyrrole nitrogens is 1. The number of amides is 1. The molecule has 0 bridgehead atoms. The molecule has 1 aliphatic heterocycles. The molecule has 3 rings (SSSR count). The zero-order valence-corrected chi connectivity index (χ0v) is 13.4. The van der Waals surface area contributed by atoms with E-state index in [0.29, 0.717) is 11.6 Å². The number of nitrogens with zero attached hydrogens (tertiary/aromatic N) is 2. The molecule has 1 fully saturated rings. The average Bonchev–Trinajstić information content (AvgIpc) is 2.95. The molecule has 1 unspecified atom stereocenters. The topological polar surface area (TPSA) is 78.1 Å². The summed E-state index contributed by atoms with van der Waals surface area (Å²) in [5.41, 5.74) is 0.578. The van der Waals surface area contributed by atoms with Crippen LogP contribution < -0.4 is 15.6 Å². The van der Waals surface area contributed by atoms with E-state index in [-0.39, 0.29) is 22.9 Å². The minimum Gasteiger partial charge on any atom is -0.364 e. The maximum absolute atomic E-state index is 12.3. The number of nitrogens with one attached hydrogen (secondary N) is 2. The lowest BCUT2D eigenvalue weighted by Gasteiger charge is -2.18. The second kappa shape index (κ2) is 6.42. The Kier molecular flexibility index (Phi) is 4.34. The highest BCUT2D eigenvalue weighted by Gasteiger charge is 2.26. The Morgan fingerprint density at radius 2 is 2.35 bits per heavy atom. The van der Waals surface area contributed by atoms with Crippen LogP contribution in [0.1, 0.15) is 22.5 Å². The molecule has 2 aromatic rings. The number of pyridine rings is 2. The van der Waals surface area contributed by atoms with Crippen LogP contribution in [0.25, 0.3) is 0 Å². The zero-order valence-electron chi connectivity index (χ0n) is 12.7. The van der Waals surface area contributed by atoms with Gasteiger partial charge in [0.1, 0.15) is 11.4 Å². The van der Waals surface area contributed by atoms with E-state index >= 15 is 0 Å². The number of anilines is 1. The van der Waals surface area contributed by atoms with Gasteiger partial charge in [0.05, 0.1) is 5.02 Å². The van der Waals surface area contributed by atoms with Gasteiger partial charge in [-0.1, -0.05) is 11.6 Å². The summed E-state index contributed by atoms with van der Waals surface area (Å²) in [6.07, 6.45) is 3.93. The number of rotatable bonds is 3. The van der Waals surface area contributed by atoms with E-state index < -0.39 is 0 Å². The van der Waals surface area contributed by atoms with Crippen LogP contribution in [-0.4, -0.2) is 35.0 Å². The van der Waals surface area contributed by atoms with Gasteiger partial charge in [-0.2, -0.15) is 0 Å². The standard InChI is InChI=1S/C16H17ClN4O2/c1-10-7-14(22)12(8-19-10)16(23)20-11-4-6-21(9-11)15-13(17)3-2-5-18-15/h2-3,5,7-8,11H,4,6,9H2,1H3,(H,19,22)(H,20,23). The number of hydrogen-bond donors (Lipinski definition) is 2. The Morgan fingerprint density at radius 3 is 3.09 bits per heavy atom. The first kappa shape index (κ1) is 15.6. The van der Waals surface area contributed by atoms with Crippen molar-refractivity contribution in [3.63, 3.8) is 0 Å². The van der Waals surface area contributed by atoms with Crippen LogP contribution in [0.15, 0.2) is 35.4 Å². The van der Waals surface area contributed by atoms with Crippen LogP contribution in [0.4, 0.5) is 5.82 Å². The van der Waals surface area contributed by atoms with E-state index in [1.54, 1.807) is 25.3 Å². The normalized spacial score (nSPS) is 17.3. The quantitative estimate of drug-likeness (QED) is 0.897. The Labute approximate surface area is 138 Å². The summed E-state index contributed by atoms with van der Waals surface area (Å²) in [6.45, 7) is 3.15. The molecule has 2 aromatic heterocycles. The van der Waals surface area contributed by atoms with Crippen molar-refractivity contribution < 1.29 is 4.79 Å². The van der Waals surface area contributed by atoms with Gasteiger partial charge in [-0.3, -0.25) is 9.59 Å². The molecule has 23 heavy (non-hydrogen) atoms. The highest BCUT2D eigenvalue weighted by Crippen LogP contribution is 2.25. The molecule has 6 nitrogen and oxygen atoms in total. The van der Waals surface area contributed by atoms with E-state index in [1.165, 1.54) is 12.3 Å². The largest absolute Gasteiger partial charge is 0.364 e. The van der Waals surface area contributed by atoms with E-state index in [2.05, 4.69) is 15.3 Å². The molecule has 1 amide bonds. The second-order valence-electron chi connectivity index (χ2n) is 5.61. The lowest BCUT2D eigenvalue weighted by molar-refractivity contribution is 0.0939. The Morgan fingerprint density at radius 1 is 1.52 bits per heavy atom. The molecule has 1 saturated heterocycles. The van der Waals surface area contributed by atoms with Crippen LogP contribution in [0.3, 0.4) is 0 Å². The summed E-state index contributed by atoms with van der Waals surface area (Å²) in [7, 11) is 0. The molecule has 7 heteroatoms. The maximum atomic E-state index is 12.3. The Hall–Kier alpha value is -2.34. The maximum Gasteiger partial charge on any atom is 0.257 e. The highest BCUT2D eigenvalue weighted by molar-refractivity contribution is 6.32. The molecule has 2 N–H and O–H groups in total. The summed E-state index contributed by atoms with van der Waals surface area (Å²) in [4.78, 5) is 33.3. The fourth-order valence-corrected chi connectivity index (χ4v) is 2.94. The van der Waals surface area contributed by atoms with E-state index in [4.69, 9.17) is 11.6 Å². The number of aromatic nitrogens is 2. The summed E-state index contributed by atoms with van der Waals surface area (Å²) >= 11 is 6.15. The third-order valence-electron chi connectivity index (χ3n) is 3.86. The molecule has 120 valence electrons. The molecule has 1 aliphatic rings. The monoisotopic (exact) mass is 332 g/mol. The lowest BCUT2D eigenvalue weighted by Crippen LogP contribution is -2.39. The number of halogens is 1. The first-order chi connectivity index (χ1) is 11.0. The van der Waals surface area contributed by atoms with Gasteiger partial charge < -0.3 is 15.2 Å². The SMILES string of the molecule is Cc1cc(=O)c(C(=O)NC2CCN(c3ncccc3Cl)C2)c[nH]1. The van der Waals surface area contributed by atoms with E-state index in [1.807, 2.05) is 4.90 Å². The van der Waals surface area contributed by atoms with Gasteiger partial charge >= 0.3 is 0 Å². The fourth-order valence-electron chi connectivity index (χ4n) is 2.69. The van der Waals surface area contributed by atoms with Gasteiger partial charge in [-0.25, -0.2) is 4.98 Å². The Bertz CT molecular complexity index is 790. The number of aryl methyl sites for hydroxylation is 1. The van der Waals surface area contributed by atoms with Crippen molar-refractivity contribution in [3.05, 3.63) is 57.1 Å². The molecule has 3 heterocycles. The van der Waals surface area contributed by atoms with Gasteiger partial charge in [-0.15, -0.1) is 0 Å². The van der Waals surface area contributed by atoms with Crippen LogP contribution in [0.2, 0.25) is 5.02 Å². The predicted octanol–water partition coefficient (Wildman–Crippen LogP) is 1.74. The predicted molar refractivity (Wildman–Crippen MR) is 89.1 cm³/mol. The molecular formula is C16H17ClN4O2. The minimum absolute atomic E-state index is 0.0405. The zero-order chi connectivity index (χ0) is 16.4. The van der Waals surface area contributed by atoms with Crippen molar-refractivity contribution in [3.8, 4) is 0 Å². The Balaban J connectivity index is 1.67. The molecule has 0 radical (unpaired) electrons. The molecular weight excluding hydrogens is 316 g/mol. The highest BCUT2D eigenvalue weighted by atomic mass is 35.5. The van der Waals surface area contributed by atoms with Gasteiger partial charge in [0.15, 0.2) is 5.43 Å². The van der Waals surface area contributed by atoms with Crippen molar-refractivity contribution in [2.75, 3.05) is 18.0 Å². The average molecular weight is 333 g/mol. The summed E-state index contributed by atoms with van der Waals surface area (Å²) in [5, 5.41) is 3.50.